The second-order valence-corrected chi connectivity index (χ2v) is 9.16. The molecule has 6 nitrogen and oxygen atoms in total. The van der Waals surface area contributed by atoms with Gasteiger partial charge in [-0.15, -0.1) is 12.4 Å². The number of carboxylic acids is 1. The summed E-state index contributed by atoms with van der Waals surface area (Å²) in [5.41, 5.74) is 8.26. The van der Waals surface area contributed by atoms with Crippen LogP contribution in [0.25, 0.3) is 0 Å². The number of aromatic carboxylic acids is 1. The van der Waals surface area contributed by atoms with Crippen LogP contribution in [0, 0.1) is 0 Å². The van der Waals surface area contributed by atoms with Crippen LogP contribution in [0.15, 0.2) is 48.5 Å². The van der Waals surface area contributed by atoms with E-state index >= 15 is 0 Å². The van der Waals surface area contributed by atoms with Crippen LogP contribution in [-0.4, -0.2) is 47.2 Å². The van der Waals surface area contributed by atoms with Crippen LogP contribution >= 0.6 is 24.0 Å². The number of nitrogens with zero attached hydrogens (tertiary/aromatic N) is 2. The van der Waals surface area contributed by atoms with Crippen molar-refractivity contribution in [2.24, 2.45) is 5.73 Å². The Bertz CT molecular complexity index is 975. The maximum atomic E-state index is 13.3. The molecular weight excluding hydrogens is 449 g/mol. The third-order valence-corrected chi connectivity index (χ3v) is 7.17. The van der Waals surface area contributed by atoms with E-state index in [0.29, 0.717) is 13.1 Å². The van der Waals surface area contributed by atoms with Crippen molar-refractivity contribution in [1.82, 2.24) is 4.90 Å². The number of carbonyl (C=O) groups excluding carboxylic acids is 1. The molecule has 3 N–H and O–H groups in total. The maximum absolute atomic E-state index is 13.3. The van der Waals surface area contributed by atoms with Crippen LogP contribution in [0.5, 0.6) is 0 Å². The summed E-state index contributed by atoms with van der Waals surface area (Å²) in [6, 6.07) is 14.7. The molecule has 0 spiro atoms. The molecule has 2 aromatic rings. The van der Waals surface area contributed by atoms with E-state index in [1.54, 1.807) is 29.2 Å². The van der Waals surface area contributed by atoms with Crippen LogP contribution in [0.1, 0.15) is 48.5 Å². The number of hydrogen-bond donors (Lipinski definition) is 2. The van der Waals surface area contributed by atoms with Gasteiger partial charge in [0.15, 0.2) is 0 Å². The molecule has 1 aliphatic heterocycles. The highest BCUT2D eigenvalue weighted by Gasteiger charge is 2.44. The lowest BCUT2D eigenvalue weighted by Gasteiger charge is -2.43. The highest BCUT2D eigenvalue weighted by Crippen LogP contribution is 2.42. The number of nitrogens with two attached hydrogens (primary N) is 1. The molecule has 2 aliphatic rings. The normalized spacial score (nSPS) is 25.5. The summed E-state index contributed by atoms with van der Waals surface area (Å²) in [4.78, 5) is 28.1. The zero-order valence-corrected chi connectivity index (χ0v) is 19.6. The van der Waals surface area contributed by atoms with Gasteiger partial charge in [0.25, 0.3) is 0 Å². The Labute approximate surface area is 199 Å². The highest BCUT2D eigenvalue weighted by molar-refractivity contribution is 6.30. The molecule has 0 aromatic heterocycles. The Morgan fingerprint density at radius 3 is 2.41 bits per heavy atom. The summed E-state index contributed by atoms with van der Waals surface area (Å²) in [6.45, 7) is 3.23. The minimum atomic E-state index is -0.973. The lowest BCUT2D eigenvalue weighted by molar-refractivity contribution is 0.0697. The van der Waals surface area contributed by atoms with Gasteiger partial charge in [-0.05, 0) is 74.6 Å². The maximum Gasteiger partial charge on any atom is 0.335 e. The van der Waals surface area contributed by atoms with E-state index in [9.17, 15) is 9.59 Å². The monoisotopic (exact) mass is 477 g/mol. The first-order chi connectivity index (χ1) is 14.8. The summed E-state index contributed by atoms with van der Waals surface area (Å²) >= 11 is 6.22. The first kappa shape index (κ1) is 24.4. The molecule has 0 radical (unpaired) electrons. The van der Waals surface area contributed by atoms with Gasteiger partial charge in [-0.1, -0.05) is 23.7 Å². The second-order valence-electron chi connectivity index (χ2n) is 8.73. The fraction of sp³-hybridized carbons (Fsp3) is 0.417. The number of benzene rings is 2. The molecule has 1 heterocycles. The quantitative estimate of drug-likeness (QED) is 0.638. The molecule has 1 aliphatic carbocycles. The largest absolute Gasteiger partial charge is 0.478 e. The summed E-state index contributed by atoms with van der Waals surface area (Å²) < 4.78 is 0. The first-order valence-electron chi connectivity index (χ1n) is 10.7. The van der Waals surface area contributed by atoms with E-state index in [2.05, 4.69) is 13.0 Å². The number of anilines is 1. The van der Waals surface area contributed by atoms with Crippen molar-refractivity contribution in [3.8, 4) is 0 Å². The van der Waals surface area contributed by atoms with Gasteiger partial charge in [-0.3, -0.25) is 4.90 Å². The van der Waals surface area contributed by atoms with Gasteiger partial charge in [0, 0.05) is 41.3 Å². The van der Waals surface area contributed by atoms with Crippen LogP contribution < -0.4 is 10.6 Å². The number of hydrogen-bond acceptors (Lipinski definition) is 3. The van der Waals surface area contributed by atoms with Crippen molar-refractivity contribution in [3.05, 3.63) is 64.7 Å². The fourth-order valence-electron chi connectivity index (χ4n) is 5.14. The van der Waals surface area contributed by atoms with Gasteiger partial charge >= 0.3 is 12.0 Å². The number of halogens is 2. The molecule has 1 saturated heterocycles. The molecule has 2 amide bonds. The van der Waals surface area contributed by atoms with Crippen LogP contribution in [0.2, 0.25) is 5.02 Å². The van der Waals surface area contributed by atoms with E-state index < -0.39 is 5.97 Å². The Morgan fingerprint density at radius 1 is 1.19 bits per heavy atom. The van der Waals surface area contributed by atoms with Gasteiger partial charge in [0.05, 0.1) is 5.56 Å². The van der Waals surface area contributed by atoms with Crippen molar-refractivity contribution in [1.29, 1.82) is 0 Å². The molecule has 1 atom stereocenters. The molecule has 0 bridgehead atoms. The number of urea groups is 1. The van der Waals surface area contributed by atoms with Crippen molar-refractivity contribution in [2.75, 3.05) is 18.0 Å². The van der Waals surface area contributed by atoms with Crippen molar-refractivity contribution < 1.29 is 14.7 Å². The molecule has 2 fully saturated rings. The van der Waals surface area contributed by atoms with Crippen LogP contribution in [0.3, 0.4) is 0 Å². The van der Waals surface area contributed by atoms with E-state index in [4.69, 9.17) is 22.4 Å². The smallest absolute Gasteiger partial charge is 0.335 e. The number of rotatable bonds is 5. The van der Waals surface area contributed by atoms with Gasteiger partial charge in [0.1, 0.15) is 0 Å². The van der Waals surface area contributed by atoms with Crippen LogP contribution in [0.4, 0.5) is 10.5 Å². The molecule has 1 saturated carbocycles. The Morgan fingerprint density at radius 2 is 1.84 bits per heavy atom. The molecule has 8 heteroatoms. The zero-order valence-electron chi connectivity index (χ0n) is 18.0. The Hall–Kier alpha value is -2.28. The van der Waals surface area contributed by atoms with Gasteiger partial charge < -0.3 is 15.7 Å². The Balaban J connectivity index is 0.00000289. The Kier molecular flexibility index (Phi) is 7.38. The van der Waals surface area contributed by atoms with E-state index in [1.807, 2.05) is 23.1 Å². The van der Waals surface area contributed by atoms with Crippen LogP contribution in [-0.2, 0) is 5.41 Å². The third kappa shape index (κ3) is 4.45. The minimum Gasteiger partial charge on any atom is -0.478 e. The van der Waals surface area contributed by atoms with Crippen molar-refractivity contribution >= 4 is 41.7 Å². The lowest BCUT2D eigenvalue weighted by Crippen LogP contribution is -2.48. The average molecular weight is 478 g/mol. The molecule has 2 aromatic carbocycles. The minimum absolute atomic E-state index is 0. The summed E-state index contributed by atoms with van der Waals surface area (Å²) in [6.07, 6.45) is 3.62. The van der Waals surface area contributed by atoms with Crippen molar-refractivity contribution in [2.45, 2.75) is 50.1 Å². The number of carboxylic acid groups (broad SMARTS) is 1. The third-order valence-electron chi connectivity index (χ3n) is 6.93. The topological polar surface area (TPSA) is 86.9 Å². The van der Waals surface area contributed by atoms with E-state index in [0.717, 1.165) is 36.4 Å². The summed E-state index contributed by atoms with van der Waals surface area (Å²) in [5.74, 6) is -0.973. The van der Waals surface area contributed by atoms with E-state index in [-0.39, 0.29) is 41.5 Å². The first-order valence-corrected chi connectivity index (χ1v) is 11.1. The summed E-state index contributed by atoms with van der Waals surface area (Å²) in [7, 11) is 0. The van der Waals surface area contributed by atoms with Gasteiger partial charge in [-0.25, -0.2) is 9.59 Å². The average Bonchev–Trinajstić information content (AvgIpc) is 3.07. The zero-order chi connectivity index (χ0) is 22.2. The standard InChI is InChI=1S/C24H28ClN3O3.ClH/c1-16-14-27(20-7-5-17(6-8-20)22(29)30)23(31)28(16)21-9-11-24(15-26,12-10-21)18-3-2-4-19(25)13-18;/h2-8,13,16,21H,9-12,14-15,26H2,1H3,(H,29,30);1H/t16-,21-,24-;/m0./s1. The highest BCUT2D eigenvalue weighted by atomic mass is 35.5. The van der Waals surface area contributed by atoms with Gasteiger partial charge in [-0.2, -0.15) is 0 Å². The number of carbonyl (C=O) groups is 2. The predicted molar refractivity (Wildman–Crippen MR) is 129 cm³/mol. The molecular formula is C24H29Cl2N3O3. The predicted octanol–water partition coefficient (Wildman–Crippen LogP) is 4.93. The molecule has 172 valence electrons. The SMILES string of the molecule is C[C@H]1CN(c2ccc(C(=O)O)cc2)C(=O)N1[C@H]1CC[C@](CN)(c2cccc(Cl)c2)CC1.Cl. The van der Waals surface area contributed by atoms with Crippen molar-refractivity contribution in [3.63, 3.8) is 0 Å². The summed E-state index contributed by atoms with van der Waals surface area (Å²) in [5, 5.41) is 9.83. The van der Waals surface area contributed by atoms with Gasteiger partial charge in [0.2, 0.25) is 0 Å². The fourth-order valence-corrected chi connectivity index (χ4v) is 5.33. The van der Waals surface area contributed by atoms with E-state index in [1.165, 1.54) is 5.56 Å². The molecule has 32 heavy (non-hydrogen) atoms. The number of amides is 2. The second kappa shape index (κ2) is 9.69. The lowest BCUT2D eigenvalue weighted by atomic mass is 9.68. The molecule has 4 rings (SSSR count). The molecule has 0 unspecified atom stereocenters.